The van der Waals surface area contributed by atoms with Gasteiger partial charge >= 0.3 is 0 Å². The van der Waals surface area contributed by atoms with Crippen LogP contribution in [0.1, 0.15) is 5.56 Å². The van der Waals surface area contributed by atoms with Crippen LogP contribution in [0.15, 0.2) is 18.2 Å². The normalized spacial score (nSPS) is 20.2. The maximum atomic E-state index is 7.36. The molecule has 3 N–H and O–H groups in total. The summed E-state index contributed by atoms with van der Waals surface area (Å²) in [4.78, 5) is 2.21. The molecule has 1 aliphatic heterocycles. The molecule has 0 saturated carbocycles. The number of likely N-dealkylation sites (N-methyl/N-ethyl adjacent to an activating group) is 1. The number of hydrogen-bond donors (Lipinski definition) is 2. The molecule has 1 unspecified atom stereocenters. The fraction of sp³-hybridized carbons (Fsp3) is 0.462. The number of nitrogen functional groups attached to an aromatic ring is 1. The molecule has 0 radical (unpaired) electrons. The summed E-state index contributed by atoms with van der Waals surface area (Å²) < 4.78 is 11.3. The molecule has 104 valence electrons. The van der Waals surface area contributed by atoms with Gasteiger partial charge in [0.05, 0.1) is 11.6 Å². The maximum Gasteiger partial charge on any atom is 0.124 e. The lowest BCUT2D eigenvalue weighted by molar-refractivity contribution is -0.0403. The first-order chi connectivity index (χ1) is 9.06. The molecule has 0 spiro atoms. The van der Waals surface area contributed by atoms with Crippen LogP contribution in [0.5, 0.6) is 5.75 Å². The van der Waals surface area contributed by atoms with Crippen molar-refractivity contribution in [2.45, 2.75) is 6.10 Å². The topological polar surface area (TPSA) is 71.6 Å². The van der Waals surface area contributed by atoms with Crippen molar-refractivity contribution in [1.82, 2.24) is 4.90 Å². The van der Waals surface area contributed by atoms with Crippen molar-refractivity contribution < 1.29 is 9.47 Å². The van der Waals surface area contributed by atoms with Gasteiger partial charge in [-0.25, -0.2) is 0 Å². The lowest BCUT2D eigenvalue weighted by Gasteiger charge is -2.29. The minimum Gasteiger partial charge on any atom is -0.491 e. The first-order valence-corrected chi connectivity index (χ1v) is 6.51. The van der Waals surface area contributed by atoms with E-state index in [2.05, 4.69) is 11.9 Å². The number of nitrogens with one attached hydrogen (secondary N) is 1. The fourth-order valence-corrected chi connectivity index (χ4v) is 2.23. The standard InChI is InChI=1S/C13H18ClN3O2/c1-17-4-5-18-10(7-17)8-19-9-2-3-11(13(15)16)12(14)6-9/h2-3,6,10H,4-5,7-8H2,1H3,(H3,15,16). The van der Waals surface area contributed by atoms with Gasteiger partial charge in [-0.3, -0.25) is 5.41 Å². The average molecular weight is 284 g/mol. The van der Waals surface area contributed by atoms with E-state index in [1.807, 2.05) is 0 Å². The number of halogens is 1. The summed E-state index contributed by atoms with van der Waals surface area (Å²) in [5.74, 6) is 0.612. The molecule has 1 atom stereocenters. The van der Waals surface area contributed by atoms with E-state index in [-0.39, 0.29) is 11.9 Å². The van der Waals surface area contributed by atoms with E-state index >= 15 is 0 Å². The van der Waals surface area contributed by atoms with Crippen LogP contribution in [0, 0.1) is 5.41 Å². The Balaban J connectivity index is 1.92. The van der Waals surface area contributed by atoms with Gasteiger partial charge in [0.25, 0.3) is 0 Å². The second-order valence-corrected chi connectivity index (χ2v) is 5.03. The highest BCUT2D eigenvalue weighted by molar-refractivity contribution is 6.34. The molecule has 1 aromatic rings. The van der Waals surface area contributed by atoms with Crippen LogP contribution in [-0.4, -0.2) is 50.2 Å². The number of amidine groups is 1. The maximum absolute atomic E-state index is 7.36. The van der Waals surface area contributed by atoms with Crippen molar-refractivity contribution in [1.29, 1.82) is 5.41 Å². The zero-order valence-electron chi connectivity index (χ0n) is 10.9. The summed E-state index contributed by atoms with van der Waals surface area (Å²) in [5, 5.41) is 7.78. The molecule has 6 heteroatoms. The summed E-state index contributed by atoms with van der Waals surface area (Å²) in [7, 11) is 2.06. The predicted molar refractivity (Wildman–Crippen MR) is 75.2 cm³/mol. The van der Waals surface area contributed by atoms with Gasteiger partial charge in [-0.2, -0.15) is 0 Å². The third-order valence-electron chi connectivity index (χ3n) is 3.01. The number of nitrogens with two attached hydrogens (primary N) is 1. The fourth-order valence-electron chi connectivity index (χ4n) is 1.96. The quantitative estimate of drug-likeness (QED) is 0.646. The first kappa shape index (κ1) is 14.1. The van der Waals surface area contributed by atoms with Crippen molar-refractivity contribution in [2.24, 2.45) is 5.73 Å². The minimum atomic E-state index is -0.0474. The molecule has 0 aliphatic carbocycles. The molecule has 0 bridgehead atoms. The first-order valence-electron chi connectivity index (χ1n) is 6.13. The Morgan fingerprint density at radius 3 is 3.05 bits per heavy atom. The van der Waals surface area contributed by atoms with Gasteiger partial charge in [-0.05, 0) is 25.2 Å². The molecule has 1 heterocycles. The molecule has 1 aromatic carbocycles. The molecule has 0 amide bonds. The highest BCUT2D eigenvalue weighted by Crippen LogP contribution is 2.22. The number of hydrogen-bond acceptors (Lipinski definition) is 4. The van der Waals surface area contributed by atoms with Crippen LogP contribution < -0.4 is 10.5 Å². The van der Waals surface area contributed by atoms with E-state index in [4.69, 9.17) is 32.2 Å². The van der Waals surface area contributed by atoms with E-state index in [0.29, 0.717) is 22.9 Å². The van der Waals surface area contributed by atoms with E-state index in [1.165, 1.54) is 0 Å². The molecular weight excluding hydrogens is 266 g/mol. The van der Waals surface area contributed by atoms with E-state index in [9.17, 15) is 0 Å². The Morgan fingerprint density at radius 2 is 2.42 bits per heavy atom. The SMILES string of the molecule is CN1CCOC(COc2ccc(C(=N)N)c(Cl)c2)C1. The van der Waals surface area contributed by atoms with Crippen LogP contribution in [-0.2, 0) is 4.74 Å². The monoisotopic (exact) mass is 283 g/mol. The van der Waals surface area contributed by atoms with Gasteiger partial charge in [0.1, 0.15) is 24.3 Å². The van der Waals surface area contributed by atoms with E-state index in [0.717, 1.165) is 19.7 Å². The summed E-state index contributed by atoms with van der Waals surface area (Å²) in [6.45, 7) is 3.03. The molecule has 0 aromatic heterocycles. The molecule has 5 nitrogen and oxygen atoms in total. The highest BCUT2D eigenvalue weighted by Gasteiger charge is 2.18. The Bertz CT molecular complexity index is 467. The number of nitrogens with zero attached hydrogens (tertiary/aromatic N) is 1. The Labute approximate surface area is 117 Å². The van der Waals surface area contributed by atoms with E-state index in [1.54, 1.807) is 18.2 Å². The van der Waals surface area contributed by atoms with Crippen LogP contribution >= 0.6 is 11.6 Å². The molecule has 2 rings (SSSR count). The lowest BCUT2D eigenvalue weighted by Crippen LogP contribution is -2.42. The van der Waals surface area contributed by atoms with Gasteiger partial charge in [-0.15, -0.1) is 0 Å². The van der Waals surface area contributed by atoms with Crippen molar-refractivity contribution in [3.8, 4) is 5.75 Å². The minimum absolute atomic E-state index is 0.0474. The van der Waals surface area contributed by atoms with Gasteiger partial charge in [-0.1, -0.05) is 11.6 Å². The third kappa shape index (κ3) is 3.83. The Hall–Kier alpha value is -1.30. The lowest BCUT2D eigenvalue weighted by atomic mass is 10.2. The van der Waals surface area contributed by atoms with E-state index < -0.39 is 0 Å². The number of rotatable bonds is 4. The number of benzene rings is 1. The van der Waals surface area contributed by atoms with Crippen molar-refractivity contribution in [2.75, 3.05) is 33.4 Å². The molecule has 19 heavy (non-hydrogen) atoms. The smallest absolute Gasteiger partial charge is 0.124 e. The Kier molecular flexibility index (Phi) is 4.63. The zero-order chi connectivity index (χ0) is 13.8. The summed E-state index contributed by atoms with van der Waals surface area (Å²) in [6, 6.07) is 5.12. The average Bonchev–Trinajstić information content (AvgIpc) is 2.36. The predicted octanol–water partition coefficient (Wildman–Crippen LogP) is 1.33. The molecule has 1 fully saturated rings. The van der Waals surface area contributed by atoms with Gasteiger partial charge in [0.2, 0.25) is 0 Å². The largest absolute Gasteiger partial charge is 0.491 e. The van der Waals surface area contributed by atoms with Gasteiger partial charge in [0.15, 0.2) is 0 Å². The number of morpholine rings is 1. The van der Waals surface area contributed by atoms with Crippen LogP contribution in [0.3, 0.4) is 0 Å². The van der Waals surface area contributed by atoms with Crippen molar-refractivity contribution in [3.63, 3.8) is 0 Å². The molecular formula is C13H18ClN3O2. The second-order valence-electron chi connectivity index (χ2n) is 4.62. The highest BCUT2D eigenvalue weighted by atomic mass is 35.5. The summed E-state index contributed by atoms with van der Waals surface area (Å²) in [6.07, 6.45) is 0.0741. The Morgan fingerprint density at radius 1 is 1.63 bits per heavy atom. The van der Waals surface area contributed by atoms with Gasteiger partial charge in [0, 0.05) is 18.7 Å². The van der Waals surface area contributed by atoms with Crippen molar-refractivity contribution >= 4 is 17.4 Å². The molecule has 1 saturated heterocycles. The van der Waals surface area contributed by atoms with Crippen molar-refractivity contribution in [3.05, 3.63) is 28.8 Å². The summed E-state index contributed by atoms with van der Waals surface area (Å²) >= 11 is 6.03. The zero-order valence-corrected chi connectivity index (χ0v) is 11.6. The molecule has 1 aliphatic rings. The summed E-state index contributed by atoms with van der Waals surface area (Å²) in [5.41, 5.74) is 5.92. The third-order valence-corrected chi connectivity index (χ3v) is 3.32. The second kappa shape index (κ2) is 6.23. The number of ether oxygens (including phenoxy) is 2. The van der Waals surface area contributed by atoms with Crippen LogP contribution in [0.4, 0.5) is 0 Å². The van der Waals surface area contributed by atoms with Gasteiger partial charge < -0.3 is 20.1 Å². The van der Waals surface area contributed by atoms with Crippen LogP contribution in [0.2, 0.25) is 5.02 Å². The van der Waals surface area contributed by atoms with Crippen LogP contribution in [0.25, 0.3) is 0 Å².